The zero-order valence-corrected chi connectivity index (χ0v) is 14.4. The molecule has 2 N–H and O–H groups in total. The van der Waals surface area contributed by atoms with Crippen molar-refractivity contribution in [3.63, 3.8) is 0 Å². The van der Waals surface area contributed by atoms with E-state index in [9.17, 15) is 14.3 Å². The summed E-state index contributed by atoms with van der Waals surface area (Å²) in [7, 11) is 0. The molecule has 0 bridgehead atoms. The number of hydrogen-bond donors (Lipinski definition) is 2. The lowest BCUT2D eigenvalue weighted by Crippen LogP contribution is -2.43. The van der Waals surface area contributed by atoms with Crippen LogP contribution in [-0.2, 0) is 4.79 Å². The number of rotatable bonds is 6. The molecule has 1 heterocycles. The normalized spacial score (nSPS) is 13.6. The smallest absolute Gasteiger partial charge is 0.253 e. The molecule has 2 rings (SSSR count). The van der Waals surface area contributed by atoms with Gasteiger partial charge in [-0.1, -0.05) is 59.1 Å². The molecule has 0 spiro atoms. The Morgan fingerprint density at radius 3 is 2.33 bits per heavy atom. The van der Waals surface area contributed by atoms with Gasteiger partial charge < -0.3 is 10.4 Å². The number of nitrogens with one attached hydrogen (secondary N) is 1. The minimum absolute atomic E-state index is 0.282. The summed E-state index contributed by atoms with van der Waals surface area (Å²) in [5.74, 6) is -0.770. The number of benzene rings is 1. The monoisotopic (exact) mass is 391 g/mol. The van der Waals surface area contributed by atoms with E-state index in [1.54, 1.807) is 36.4 Å². The third-order valence-electron chi connectivity index (χ3n) is 3.25. The maximum Gasteiger partial charge on any atom is 0.253 e. The first-order chi connectivity index (χ1) is 11.4. The van der Waals surface area contributed by atoms with Gasteiger partial charge in [0.25, 0.3) is 5.91 Å². The summed E-state index contributed by atoms with van der Waals surface area (Å²) >= 11 is 16.5. The number of hydrogen-bond acceptors (Lipinski definition) is 4. The molecule has 9 heteroatoms. The second-order valence-corrected chi connectivity index (χ2v) is 6.36. The van der Waals surface area contributed by atoms with Gasteiger partial charge in [0.2, 0.25) is 0 Å². The number of aliphatic hydroxyl groups is 1. The summed E-state index contributed by atoms with van der Waals surface area (Å²) in [6, 6.07) is 8.74. The Kier molecular flexibility index (Phi) is 6.74. The maximum absolute atomic E-state index is 13.1. The second kappa shape index (κ2) is 8.58. The fraction of sp³-hybridized carbons (Fsp3) is 0.267. The Morgan fingerprint density at radius 1 is 1.17 bits per heavy atom. The Bertz CT molecular complexity index is 683. The van der Waals surface area contributed by atoms with Crippen LogP contribution in [0.2, 0.25) is 5.15 Å². The SMILES string of the molecule is O=C(N[C@H](CF)[C@H](O)c1ccc(-c2ccc(Cl)nn2)cc1)C(Cl)Cl. The largest absolute Gasteiger partial charge is 0.386 e. The van der Waals surface area contributed by atoms with Gasteiger partial charge >= 0.3 is 0 Å². The number of carbonyl (C=O) groups excluding carboxylic acids is 1. The Morgan fingerprint density at radius 2 is 1.83 bits per heavy atom. The van der Waals surface area contributed by atoms with Crippen molar-refractivity contribution in [1.82, 2.24) is 15.5 Å². The lowest BCUT2D eigenvalue weighted by molar-refractivity contribution is -0.121. The van der Waals surface area contributed by atoms with Crippen molar-refractivity contribution in [2.24, 2.45) is 0 Å². The van der Waals surface area contributed by atoms with Crippen LogP contribution in [-0.4, -0.2) is 38.8 Å². The van der Waals surface area contributed by atoms with E-state index >= 15 is 0 Å². The molecule has 0 aliphatic carbocycles. The van der Waals surface area contributed by atoms with Gasteiger partial charge in [0.05, 0.1) is 11.7 Å². The number of aliphatic hydroxyl groups excluding tert-OH is 1. The van der Waals surface area contributed by atoms with Crippen molar-refractivity contribution in [3.05, 3.63) is 47.1 Å². The van der Waals surface area contributed by atoms with Gasteiger partial charge in [-0.15, -0.1) is 10.2 Å². The molecule has 5 nitrogen and oxygen atoms in total. The minimum Gasteiger partial charge on any atom is -0.386 e. The van der Waals surface area contributed by atoms with Crippen LogP contribution in [0, 0.1) is 0 Å². The first kappa shape index (κ1) is 18.9. The van der Waals surface area contributed by atoms with Crippen molar-refractivity contribution in [3.8, 4) is 11.3 Å². The highest BCUT2D eigenvalue weighted by atomic mass is 35.5. The van der Waals surface area contributed by atoms with Gasteiger partial charge in [0.15, 0.2) is 9.99 Å². The van der Waals surface area contributed by atoms with E-state index in [2.05, 4.69) is 15.5 Å². The summed E-state index contributed by atoms with van der Waals surface area (Å²) in [5.41, 5.74) is 1.77. The lowest BCUT2D eigenvalue weighted by Gasteiger charge is -2.22. The topological polar surface area (TPSA) is 75.1 Å². The third kappa shape index (κ3) is 4.77. The molecule has 0 aliphatic heterocycles. The van der Waals surface area contributed by atoms with Gasteiger partial charge in [-0.25, -0.2) is 4.39 Å². The molecule has 0 fully saturated rings. The maximum atomic E-state index is 13.1. The quantitative estimate of drug-likeness (QED) is 0.741. The molecule has 1 aromatic carbocycles. The highest BCUT2D eigenvalue weighted by molar-refractivity contribution is 6.53. The van der Waals surface area contributed by atoms with E-state index in [1.165, 1.54) is 0 Å². The van der Waals surface area contributed by atoms with E-state index in [4.69, 9.17) is 34.8 Å². The van der Waals surface area contributed by atoms with Crippen LogP contribution in [0.25, 0.3) is 11.3 Å². The molecule has 0 aliphatic rings. The van der Waals surface area contributed by atoms with Crippen molar-refractivity contribution in [2.45, 2.75) is 17.0 Å². The Hall–Kier alpha value is -1.47. The number of nitrogens with zero attached hydrogens (tertiary/aromatic N) is 2. The average molecular weight is 393 g/mol. The van der Waals surface area contributed by atoms with E-state index in [-0.39, 0.29) is 5.15 Å². The predicted octanol–water partition coefficient (Wildman–Crippen LogP) is 3.09. The van der Waals surface area contributed by atoms with E-state index in [1.807, 2.05) is 0 Å². The van der Waals surface area contributed by atoms with E-state index in [0.717, 1.165) is 5.56 Å². The van der Waals surface area contributed by atoms with E-state index in [0.29, 0.717) is 11.3 Å². The van der Waals surface area contributed by atoms with Gasteiger partial charge in [-0.2, -0.15) is 0 Å². The number of alkyl halides is 3. The third-order valence-corrected chi connectivity index (χ3v) is 3.85. The predicted molar refractivity (Wildman–Crippen MR) is 90.8 cm³/mol. The summed E-state index contributed by atoms with van der Waals surface area (Å²) in [6.07, 6.45) is -1.25. The summed E-state index contributed by atoms with van der Waals surface area (Å²) < 4.78 is 13.1. The highest BCUT2D eigenvalue weighted by Crippen LogP contribution is 2.23. The molecule has 1 amide bonds. The molecule has 0 saturated carbocycles. The standard InChI is InChI=1S/C15H13Cl3FN3O2/c16-12-6-5-10(21-22-12)8-1-3-9(4-2-8)13(23)11(7-19)20-15(24)14(17)18/h1-6,11,13-14,23H,7H2,(H,20,24)/t11-,13-/m1/s1. The summed E-state index contributed by atoms with van der Waals surface area (Å²) in [4.78, 5) is 10.1. The molecule has 0 saturated heterocycles. The van der Waals surface area contributed by atoms with Crippen LogP contribution >= 0.6 is 34.8 Å². The first-order valence-electron chi connectivity index (χ1n) is 6.84. The van der Waals surface area contributed by atoms with Gasteiger partial charge in [0.1, 0.15) is 12.8 Å². The van der Waals surface area contributed by atoms with Crippen LogP contribution in [0.4, 0.5) is 4.39 Å². The van der Waals surface area contributed by atoms with Crippen molar-refractivity contribution in [1.29, 1.82) is 0 Å². The van der Waals surface area contributed by atoms with Crippen molar-refractivity contribution < 1.29 is 14.3 Å². The number of carbonyl (C=O) groups is 1. The molecule has 0 radical (unpaired) electrons. The molecular formula is C15H13Cl3FN3O2. The van der Waals surface area contributed by atoms with Crippen molar-refractivity contribution in [2.75, 3.05) is 6.67 Å². The lowest BCUT2D eigenvalue weighted by atomic mass is 10.0. The Labute approximate surface area is 152 Å². The molecule has 24 heavy (non-hydrogen) atoms. The molecule has 2 aromatic rings. The van der Waals surface area contributed by atoms with E-state index < -0.39 is 29.6 Å². The first-order valence-corrected chi connectivity index (χ1v) is 8.09. The summed E-state index contributed by atoms with van der Waals surface area (Å²) in [6.45, 7) is -0.974. The fourth-order valence-electron chi connectivity index (χ4n) is 2.00. The van der Waals surface area contributed by atoms with Gasteiger partial charge in [0, 0.05) is 5.56 Å². The highest BCUT2D eigenvalue weighted by Gasteiger charge is 2.25. The molecule has 0 unspecified atom stereocenters. The van der Waals surface area contributed by atoms with Crippen LogP contribution in [0.15, 0.2) is 36.4 Å². The summed E-state index contributed by atoms with van der Waals surface area (Å²) in [5, 5.41) is 20.4. The zero-order valence-electron chi connectivity index (χ0n) is 12.2. The minimum atomic E-state index is -1.34. The number of halogens is 4. The van der Waals surface area contributed by atoms with Crippen LogP contribution < -0.4 is 5.32 Å². The fourth-order valence-corrected chi connectivity index (χ4v) is 2.23. The Balaban J connectivity index is 2.13. The zero-order chi connectivity index (χ0) is 17.7. The molecular weight excluding hydrogens is 380 g/mol. The van der Waals surface area contributed by atoms with Gasteiger partial charge in [-0.05, 0) is 17.7 Å². The molecule has 1 aromatic heterocycles. The van der Waals surface area contributed by atoms with Crippen LogP contribution in [0.1, 0.15) is 11.7 Å². The van der Waals surface area contributed by atoms with Crippen LogP contribution in [0.5, 0.6) is 0 Å². The second-order valence-electron chi connectivity index (χ2n) is 4.88. The average Bonchev–Trinajstić information content (AvgIpc) is 2.59. The van der Waals surface area contributed by atoms with Crippen molar-refractivity contribution >= 4 is 40.7 Å². The number of amides is 1. The van der Waals surface area contributed by atoms with Crippen LogP contribution in [0.3, 0.4) is 0 Å². The molecule has 128 valence electrons. The van der Waals surface area contributed by atoms with Gasteiger partial charge in [-0.3, -0.25) is 4.79 Å². The molecule has 2 atom stereocenters. The number of aromatic nitrogens is 2.